The summed E-state index contributed by atoms with van der Waals surface area (Å²) < 4.78 is 11.2. The molecule has 1 aromatic carbocycles. The second-order valence-electron chi connectivity index (χ2n) is 11.0. The Morgan fingerprint density at radius 3 is 2.59 bits per heavy atom. The maximum atomic E-state index is 12.5. The molecule has 0 unspecified atom stereocenters. The molecule has 1 fully saturated rings. The zero-order chi connectivity index (χ0) is 26.8. The lowest BCUT2D eigenvalue weighted by atomic mass is 9.79. The van der Waals surface area contributed by atoms with Crippen LogP contribution in [0, 0.1) is 12.8 Å². The molecular formula is C28H36N4O4S. The minimum absolute atomic E-state index is 0.0241. The number of hydrogen-bond donors (Lipinski definition) is 2. The van der Waals surface area contributed by atoms with E-state index < -0.39 is 11.2 Å². The number of aliphatic hydroxyl groups is 1. The fraction of sp³-hybridized carbons (Fsp3) is 0.500. The van der Waals surface area contributed by atoms with Gasteiger partial charge in [0.2, 0.25) is 11.8 Å². The maximum absolute atomic E-state index is 12.5. The second kappa shape index (κ2) is 10.8. The van der Waals surface area contributed by atoms with Crippen molar-refractivity contribution in [3.05, 3.63) is 47.2 Å². The number of hydrogen-bond acceptors (Lipinski definition) is 9. The Bertz CT molecular complexity index is 1240. The van der Waals surface area contributed by atoms with Crippen molar-refractivity contribution < 1.29 is 19.4 Å². The Kier molecular flexibility index (Phi) is 7.85. The number of rotatable bonds is 7. The van der Waals surface area contributed by atoms with Crippen LogP contribution in [0.1, 0.15) is 70.9 Å². The lowest BCUT2D eigenvalue weighted by Crippen LogP contribution is -2.36. The number of nitrogens with zero attached hydrogens (tertiary/aromatic N) is 3. The zero-order valence-electron chi connectivity index (χ0n) is 22.4. The van der Waals surface area contributed by atoms with Crippen molar-refractivity contribution >= 4 is 28.9 Å². The van der Waals surface area contributed by atoms with Crippen molar-refractivity contribution in [3.8, 4) is 16.3 Å². The third kappa shape index (κ3) is 7.05. The van der Waals surface area contributed by atoms with E-state index in [1.54, 1.807) is 12.3 Å². The van der Waals surface area contributed by atoms with Crippen LogP contribution in [0.5, 0.6) is 5.88 Å². The Morgan fingerprint density at radius 1 is 1.19 bits per heavy atom. The van der Waals surface area contributed by atoms with Crippen molar-refractivity contribution in [2.24, 2.45) is 5.92 Å². The molecule has 4 rings (SSSR count). The van der Waals surface area contributed by atoms with Crippen LogP contribution in [-0.2, 0) is 15.1 Å². The van der Waals surface area contributed by atoms with Gasteiger partial charge in [0.05, 0.1) is 16.9 Å². The smallest absolute Gasteiger partial charge is 0.309 e. The van der Waals surface area contributed by atoms with E-state index in [2.05, 4.69) is 26.3 Å². The van der Waals surface area contributed by atoms with Gasteiger partial charge in [-0.1, -0.05) is 6.07 Å². The van der Waals surface area contributed by atoms with Crippen molar-refractivity contribution in [3.63, 3.8) is 0 Å². The van der Waals surface area contributed by atoms with Gasteiger partial charge in [-0.15, -0.1) is 11.3 Å². The molecule has 37 heavy (non-hydrogen) atoms. The molecular weight excluding hydrogens is 488 g/mol. The lowest BCUT2D eigenvalue weighted by molar-refractivity contribution is -0.163. The van der Waals surface area contributed by atoms with Crippen molar-refractivity contribution in [1.29, 1.82) is 0 Å². The molecule has 198 valence electrons. The topological polar surface area (TPSA) is 106 Å². The molecule has 9 heteroatoms. The van der Waals surface area contributed by atoms with E-state index in [0.717, 1.165) is 21.7 Å². The predicted molar refractivity (Wildman–Crippen MR) is 145 cm³/mol. The molecule has 3 aromatic rings. The summed E-state index contributed by atoms with van der Waals surface area (Å²) in [6.07, 6.45) is 5.63. The van der Waals surface area contributed by atoms with Crippen molar-refractivity contribution in [2.45, 2.75) is 84.5 Å². The van der Waals surface area contributed by atoms with Crippen LogP contribution in [-0.4, -0.2) is 37.7 Å². The molecule has 1 aliphatic carbocycles. The average molecular weight is 525 g/mol. The molecule has 0 bridgehead atoms. The summed E-state index contributed by atoms with van der Waals surface area (Å²) in [5, 5.41) is 15.3. The van der Waals surface area contributed by atoms with E-state index in [0.29, 0.717) is 42.5 Å². The highest BCUT2D eigenvalue weighted by molar-refractivity contribution is 7.15. The zero-order valence-corrected chi connectivity index (χ0v) is 23.2. The van der Waals surface area contributed by atoms with E-state index >= 15 is 0 Å². The highest BCUT2D eigenvalue weighted by Gasteiger charge is 2.40. The molecule has 1 saturated carbocycles. The average Bonchev–Trinajstić information content (AvgIpc) is 3.29. The quantitative estimate of drug-likeness (QED) is 0.354. The van der Waals surface area contributed by atoms with Gasteiger partial charge >= 0.3 is 5.97 Å². The molecule has 0 radical (unpaired) electrons. The number of esters is 1. The van der Waals surface area contributed by atoms with Crippen LogP contribution < -0.4 is 10.1 Å². The van der Waals surface area contributed by atoms with Crippen LogP contribution in [0.4, 0.5) is 11.6 Å². The molecule has 2 heterocycles. The number of benzene rings is 1. The first-order chi connectivity index (χ1) is 17.4. The molecule has 0 spiro atoms. The summed E-state index contributed by atoms with van der Waals surface area (Å²) in [4.78, 5) is 26.8. The second-order valence-corrected chi connectivity index (χ2v) is 12.0. The highest BCUT2D eigenvalue weighted by atomic mass is 32.1. The number of aromatic nitrogens is 3. The molecule has 0 saturated heterocycles. The normalized spacial score (nSPS) is 20.1. The van der Waals surface area contributed by atoms with Crippen LogP contribution in [0.15, 0.2) is 36.7 Å². The molecule has 0 atom stereocenters. The van der Waals surface area contributed by atoms with Crippen molar-refractivity contribution in [2.75, 3.05) is 5.32 Å². The van der Waals surface area contributed by atoms with Gasteiger partial charge in [0.25, 0.3) is 0 Å². The summed E-state index contributed by atoms with van der Waals surface area (Å²) in [5.41, 5.74) is 1.38. The number of aryl methyl sites for hydroxylation is 1. The van der Waals surface area contributed by atoms with E-state index in [4.69, 9.17) is 9.47 Å². The largest absolute Gasteiger partial charge is 0.475 e. The Balaban J connectivity index is 1.47. The van der Waals surface area contributed by atoms with Gasteiger partial charge in [0.1, 0.15) is 16.2 Å². The number of carbonyl (C=O) groups excluding carboxylic acids is 1. The van der Waals surface area contributed by atoms with Crippen LogP contribution >= 0.6 is 11.3 Å². The third-order valence-electron chi connectivity index (χ3n) is 6.06. The SMILES string of the molecule is Cc1cc(Nc2nccc(OC(C)C)n2)cc(-c2cnc(C3(O)CCC(C(=O)OC(C)(C)C)CC3)s2)c1. The number of thiazole rings is 1. The van der Waals surface area contributed by atoms with Gasteiger partial charge in [0.15, 0.2) is 0 Å². The van der Waals surface area contributed by atoms with E-state index in [1.165, 1.54) is 11.3 Å². The van der Waals surface area contributed by atoms with Gasteiger partial charge in [-0.25, -0.2) is 9.97 Å². The van der Waals surface area contributed by atoms with E-state index in [1.807, 2.05) is 59.9 Å². The standard InChI is InChI=1S/C28H36N4O4S/c1-17(2)35-23-9-12-29-26(32-23)31-21-14-18(3)13-20(15-21)22-16-30-25(37-22)28(34)10-7-19(8-11-28)24(33)36-27(4,5)6/h9,12-17,19,34H,7-8,10-11H2,1-6H3,(H,29,31,32). The predicted octanol–water partition coefficient (Wildman–Crippen LogP) is 6.16. The summed E-state index contributed by atoms with van der Waals surface area (Å²) in [6, 6.07) is 7.87. The Labute approximate surface area is 222 Å². The van der Waals surface area contributed by atoms with Crippen molar-refractivity contribution in [1.82, 2.24) is 15.0 Å². The van der Waals surface area contributed by atoms with Gasteiger partial charge in [-0.05, 0) is 90.5 Å². The monoisotopic (exact) mass is 524 g/mol. The number of nitrogens with one attached hydrogen (secondary N) is 1. The maximum Gasteiger partial charge on any atom is 0.309 e. The first kappa shape index (κ1) is 27.0. The highest BCUT2D eigenvalue weighted by Crippen LogP contribution is 2.43. The van der Waals surface area contributed by atoms with E-state index in [9.17, 15) is 9.90 Å². The molecule has 2 aromatic heterocycles. The molecule has 0 amide bonds. The first-order valence-electron chi connectivity index (χ1n) is 12.7. The molecule has 1 aliphatic rings. The van der Waals surface area contributed by atoms with Gasteiger partial charge in [-0.2, -0.15) is 4.98 Å². The van der Waals surface area contributed by atoms with Crippen LogP contribution in [0.2, 0.25) is 0 Å². The van der Waals surface area contributed by atoms with Gasteiger partial charge < -0.3 is 19.9 Å². The summed E-state index contributed by atoms with van der Waals surface area (Å²) in [6.45, 7) is 11.6. The van der Waals surface area contributed by atoms with Crippen LogP contribution in [0.3, 0.4) is 0 Å². The number of ether oxygens (including phenoxy) is 2. The molecule has 2 N–H and O–H groups in total. The summed E-state index contributed by atoms with van der Waals surface area (Å²) >= 11 is 1.49. The summed E-state index contributed by atoms with van der Waals surface area (Å²) in [7, 11) is 0. The number of carbonyl (C=O) groups is 1. The summed E-state index contributed by atoms with van der Waals surface area (Å²) in [5.74, 6) is 0.605. The first-order valence-corrected chi connectivity index (χ1v) is 13.5. The Morgan fingerprint density at radius 2 is 1.92 bits per heavy atom. The Hall–Kier alpha value is -3.04. The minimum atomic E-state index is -1.03. The van der Waals surface area contributed by atoms with Crippen LogP contribution in [0.25, 0.3) is 10.4 Å². The molecule has 8 nitrogen and oxygen atoms in total. The van der Waals surface area contributed by atoms with E-state index in [-0.39, 0.29) is 18.0 Å². The molecule has 0 aliphatic heterocycles. The van der Waals surface area contributed by atoms with Gasteiger partial charge in [0, 0.05) is 24.1 Å². The minimum Gasteiger partial charge on any atom is -0.475 e. The fourth-order valence-electron chi connectivity index (χ4n) is 4.39. The lowest BCUT2D eigenvalue weighted by Gasteiger charge is -2.34. The number of anilines is 2. The third-order valence-corrected chi connectivity index (χ3v) is 7.30. The van der Waals surface area contributed by atoms with Gasteiger partial charge in [-0.3, -0.25) is 4.79 Å². The fourth-order valence-corrected chi connectivity index (χ4v) is 5.44.